The van der Waals surface area contributed by atoms with Gasteiger partial charge in [-0.05, 0) is 54.6 Å². The lowest BCUT2D eigenvalue weighted by atomic mass is 10.2. The molecule has 1 N–H and O–H groups in total. The Kier molecular flexibility index (Phi) is 6.84. The van der Waals surface area contributed by atoms with Gasteiger partial charge in [0.25, 0.3) is 0 Å². The van der Waals surface area contributed by atoms with Gasteiger partial charge in [0.05, 0.1) is 5.69 Å². The number of halogens is 1. The van der Waals surface area contributed by atoms with Crippen molar-refractivity contribution in [3.63, 3.8) is 0 Å². The summed E-state index contributed by atoms with van der Waals surface area (Å²) in [5.74, 6) is -0.332. The van der Waals surface area contributed by atoms with Crippen LogP contribution in [-0.2, 0) is 9.59 Å². The van der Waals surface area contributed by atoms with E-state index < -0.39 is 0 Å². The lowest BCUT2D eigenvalue weighted by molar-refractivity contribution is -0.123. The van der Waals surface area contributed by atoms with Crippen molar-refractivity contribution in [2.45, 2.75) is 13.8 Å². The zero-order chi connectivity index (χ0) is 16.0. The van der Waals surface area contributed by atoms with Crippen LogP contribution in [0.25, 0.3) is 0 Å². The highest BCUT2D eigenvalue weighted by Gasteiger charge is 2.17. The fourth-order valence-electron chi connectivity index (χ4n) is 1.82. The summed E-state index contributed by atoms with van der Waals surface area (Å²) in [7, 11) is 3.88. The molecule has 0 atom stereocenters. The number of likely N-dealkylation sites (N-methyl/N-ethyl adjacent to an activating group) is 1. The Morgan fingerprint density at radius 1 is 1.29 bits per heavy atom. The van der Waals surface area contributed by atoms with Gasteiger partial charge in [-0.2, -0.15) is 0 Å². The summed E-state index contributed by atoms with van der Waals surface area (Å²) >= 11 is 3.45. The molecule has 1 aromatic carbocycles. The largest absolute Gasteiger partial charge is 0.353 e. The van der Waals surface area contributed by atoms with E-state index in [4.69, 9.17) is 0 Å². The molecule has 0 radical (unpaired) electrons. The van der Waals surface area contributed by atoms with Crippen LogP contribution in [0.4, 0.5) is 5.69 Å². The van der Waals surface area contributed by atoms with Gasteiger partial charge in [0, 0.05) is 24.5 Å². The molecule has 1 rings (SSSR count). The topological polar surface area (TPSA) is 52.7 Å². The van der Waals surface area contributed by atoms with Crippen molar-refractivity contribution in [2.24, 2.45) is 0 Å². The van der Waals surface area contributed by atoms with E-state index in [-0.39, 0.29) is 18.4 Å². The van der Waals surface area contributed by atoms with Gasteiger partial charge in [-0.15, -0.1) is 0 Å². The van der Waals surface area contributed by atoms with Crippen LogP contribution in [0.15, 0.2) is 22.7 Å². The first-order chi connectivity index (χ1) is 9.81. The Morgan fingerprint density at radius 3 is 2.48 bits per heavy atom. The number of carbonyl (C=O) groups is 2. The molecule has 0 aliphatic rings. The Hall–Kier alpha value is -1.40. The average molecular weight is 356 g/mol. The van der Waals surface area contributed by atoms with Crippen molar-refractivity contribution in [1.82, 2.24) is 10.2 Å². The van der Waals surface area contributed by atoms with Crippen LogP contribution >= 0.6 is 15.9 Å². The summed E-state index contributed by atoms with van der Waals surface area (Å²) in [6, 6.07) is 5.68. The van der Waals surface area contributed by atoms with E-state index >= 15 is 0 Å². The van der Waals surface area contributed by atoms with Crippen molar-refractivity contribution in [1.29, 1.82) is 0 Å². The Labute approximate surface area is 134 Å². The summed E-state index contributed by atoms with van der Waals surface area (Å²) in [6.45, 7) is 4.77. The molecule has 0 unspecified atom stereocenters. The average Bonchev–Trinajstić information content (AvgIpc) is 2.36. The van der Waals surface area contributed by atoms with Crippen LogP contribution in [0.2, 0.25) is 0 Å². The van der Waals surface area contributed by atoms with Gasteiger partial charge in [-0.1, -0.05) is 6.07 Å². The summed E-state index contributed by atoms with van der Waals surface area (Å²) < 4.78 is 0.804. The van der Waals surface area contributed by atoms with Crippen LogP contribution in [0.1, 0.15) is 12.5 Å². The van der Waals surface area contributed by atoms with Gasteiger partial charge in [0.15, 0.2) is 0 Å². The molecule has 0 aliphatic carbocycles. The molecule has 0 aromatic heterocycles. The van der Waals surface area contributed by atoms with E-state index in [0.29, 0.717) is 12.2 Å². The highest BCUT2D eigenvalue weighted by Crippen LogP contribution is 2.27. The molecular weight excluding hydrogens is 334 g/mol. The fraction of sp³-hybridized carbons (Fsp3) is 0.467. The van der Waals surface area contributed by atoms with Crippen molar-refractivity contribution < 1.29 is 9.59 Å². The molecule has 0 aliphatic heterocycles. The van der Waals surface area contributed by atoms with Crippen LogP contribution in [0, 0.1) is 6.92 Å². The van der Waals surface area contributed by atoms with E-state index in [1.807, 2.05) is 44.1 Å². The predicted octanol–water partition coefficient (Wildman–Crippen LogP) is 1.79. The molecule has 21 heavy (non-hydrogen) atoms. The predicted molar refractivity (Wildman–Crippen MR) is 88.5 cm³/mol. The molecule has 1 aromatic rings. The first-order valence-electron chi connectivity index (χ1n) is 6.77. The second kappa shape index (κ2) is 8.14. The zero-order valence-corrected chi connectivity index (χ0v) is 14.5. The molecule has 0 fully saturated rings. The number of amides is 2. The number of carbonyl (C=O) groups excluding carboxylic acids is 2. The molecule has 6 heteroatoms. The van der Waals surface area contributed by atoms with Crippen molar-refractivity contribution >= 4 is 33.4 Å². The maximum Gasteiger partial charge on any atom is 0.240 e. The number of nitrogens with zero attached hydrogens (tertiary/aromatic N) is 2. The Bertz CT molecular complexity index is 518. The van der Waals surface area contributed by atoms with Gasteiger partial charge in [0.2, 0.25) is 11.8 Å². The molecular formula is C15H22BrN3O2. The molecule has 5 nitrogen and oxygen atoms in total. The third-order valence-electron chi connectivity index (χ3n) is 2.96. The summed E-state index contributed by atoms with van der Waals surface area (Å²) in [4.78, 5) is 27.2. The summed E-state index contributed by atoms with van der Waals surface area (Å²) in [5.41, 5.74) is 1.79. The highest BCUT2D eigenvalue weighted by atomic mass is 79.9. The molecule has 0 saturated heterocycles. The van der Waals surface area contributed by atoms with E-state index in [2.05, 4.69) is 21.2 Å². The van der Waals surface area contributed by atoms with Gasteiger partial charge >= 0.3 is 0 Å². The van der Waals surface area contributed by atoms with Crippen LogP contribution in [-0.4, -0.2) is 50.4 Å². The maximum atomic E-state index is 12.0. The maximum absolute atomic E-state index is 12.0. The molecule has 0 saturated carbocycles. The van der Waals surface area contributed by atoms with Gasteiger partial charge < -0.3 is 15.1 Å². The van der Waals surface area contributed by atoms with Crippen molar-refractivity contribution in [3.05, 3.63) is 28.2 Å². The van der Waals surface area contributed by atoms with Crippen molar-refractivity contribution in [3.8, 4) is 0 Å². The normalized spacial score (nSPS) is 10.6. The number of benzene rings is 1. The SMILES string of the molecule is CC(=O)N(CC(=O)NCCN(C)C)c1ccc(C)cc1Br. The molecule has 0 bridgehead atoms. The number of hydrogen-bond donors (Lipinski definition) is 1. The standard InChI is InChI=1S/C15H22BrN3O2/c1-11-5-6-14(13(16)9-11)19(12(2)20)10-15(21)17-7-8-18(3)4/h5-6,9H,7-8,10H2,1-4H3,(H,17,21). The first kappa shape index (κ1) is 17.7. The number of hydrogen-bond acceptors (Lipinski definition) is 3. The minimum atomic E-state index is -0.167. The molecule has 0 heterocycles. The number of rotatable bonds is 6. The van der Waals surface area contributed by atoms with Crippen molar-refractivity contribution in [2.75, 3.05) is 38.6 Å². The first-order valence-corrected chi connectivity index (χ1v) is 7.56. The van der Waals surface area contributed by atoms with Gasteiger partial charge in [-0.3, -0.25) is 9.59 Å². The lowest BCUT2D eigenvalue weighted by Crippen LogP contribution is -2.41. The van der Waals surface area contributed by atoms with Crippen LogP contribution in [0.3, 0.4) is 0 Å². The van der Waals surface area contributed by atoms with Gasteiger partial charge in [0.1, 0.15) is 6.54 Å². The monoisotopic (exact) mass is 355 g/mol. The smallest absolute Gasteiger partial charge is 0.240 e. The molecule has 2 amide bonds. The Balaban J connectivity index is 2.74. The van der Waals surface area contributed by atoms with E-state index in [1.165, 1.54) is 11.8 Å². The third kappa shape index (κ3) is 5.85. The van der Waals surface area contributed by atoms with E-state index in [1.54, 1.807) is 0 Å². The minimum absolute atomic E-state index is 0.0183. The second-order valence-corrected chi connectivity index (χ2v) is 6.07. The minimum Gasteiger partial charge on any atom is -0.353 e. The van der Waals surface area contributed by atoms with Gasteiger partial charge in [-0.25, -0.2) is 0 Å². The third-order valence-corrected chi connectivity index (χ3v) is 3.59. The number of anilines is 1. The Morgan fingerprint density at radius 2 is 1.95 bits per heavy atom. The number of aryl methyl sites for hydroxylation is 1. The summed E-state index contributed by atoms with van der Waals surface area (Å²) in [6.07, 6.45) is 0. The quantitative estimate of drug-likeness (QED) is 0.846. The lowest BCUT2D eigenvalue weighted by Gasteiger charge is -2.22. The second-order valence-electron chi connectivity index (χ2n) is 5.21. The number of nitrogens with one attached hydrogen (secondary N) is 1. The van der Waals surface area contributed by atoms with E-state index in [0.717, 1.165) is 16.6 Å². The van der Waals surface area contributed by atoms with Crippen LogP contribution < -0.4 is 10.2 Å². The molecule has 116 valence electrons. The van der Waals surface area contributed by atoms with E-state index in [9.17, 15) is 9.59 Å². The van der Waals surface area contributed by atoms with Crippen LogP contribution in [0.5, 0.6) is 0 Å². The summed E-state index contributed by atoms with van der Waals surface area (Å²) in [5, 5.41) is 2.81. The molecule has 0 spiro atoms. The fourth-order valence-corrected chi connectivity index (χ4v) is 2.52. The zero-order valence-electron chi connectivity index (χ0n) is 12.9. The highest BCUT2D eigenvalue weighted by molar-refractivity contribution is 9.10.